The van der Waals surface area contributed by atoms with E-state index in [0.29, 0.717) is 47.6 Å². The summed E-state index contributed by atoms with van der Waals surface area (Å²) in [5.41, 5.74) is 1.95. The van der Waals surface area contributed by atoms with Crippen LogP contribution in [-0.2, 0) is 0 Å². The van der Waals surface area contributed by atoms with Crippen molar-refractivity contribution in [3.8, 4) is 23.0 Å². The Morgan fingerprint density at radius 2 is 1.24 bits per heavy atom. The zero-order valence-electron chi connectivity index (χ0n) is 20.3. The fraction of sp³-hybridized carbons (Fsp3) is 0.259. The van der Waals surface area contributed by atoms with E-state index in [1.807, 2.05) is 61.5 Å². The zero-order chi connectivity index (χ0) is 25.6. The van der Waals surface area contributed by atoms with E-state index in [-0.39, 0.29) is 31.3 Å². The van der Waals surface area contributed by atoms with Crippen LogP contribution in [0.5, 0.6) is 23.0 Å². The minimum Gasteiger partial charge on any atom is -0.486 e. The third kappa shape index (κ3) is 6.16. The standard InChI is InChI=1S/C27H28N4O6/c1-17-10-11-18(30-26(32)28-13-19-15-34-22-6-2-4-8-24(22)36-19)12-21(17)31-27(33)29-14-20-16-35-23-7-3-5-9-25(23)37-20/h2-12,19-20H,13-16H2,1H3,(H2,28,30,32)(H2,29,31,33)/t19-,20-/m0/s1. The number of rotatable bonds is 6. The predicted octanol–water partition coefficient (Wildman–Crippen LogP) is 3.92. The van der Waals surface area contributed by atoms with Crippen molar-refractivity contribution < 1.29 is 28.5 Å². The van der Waals surface area contributed by atoms with E-state index in [0.717, 1.165) is 5.56 Å². The number of amides is 4. The molecule has 3 aromatic rings. The van der Waals surface area contributed by atoms with Crippen molar-refractivity contribution in [1.82, 2.24) is 10.6 Å². The Bertz CT molecular complexity index is 1280. The van der Waals surface area contributed by atoms with Crippen LogP contribution in [0.25, 0.3) is 0 Å². The smallest absolute Gasteiger partial charge is 0.319 e. The minimum atomic E-state index is -0.392. The molecule has 0 radical (unpaired) electrons. The number of para-hydroxylation sites is 4. The van der Waals surface area contributed by atoms with Gasteiger partial charge >= 0.3 is 12.1 Å². The number of nitrogens with one attached hydrogen (secondary N) is 4. The lowest BCUT2D eigenvalue weighted by Crippen LogP contribution is -2.42. The van der Waals surface area contributed by atoms with Gasteiger partial charge in [-0.15, -0.1) is 0 Å². The molecule has 10 nitrogen and oxygen atoms in total. The van der Waals surface area contributed by atoms with E-state index in [1.54, 1.807) is 12.1 Å². The molecule has 4 amide bonds. The number of urea groups is 2. The van der Waals surface area contributed by atoms with Gasteiger partial charge in [-0.25, -0.2) is 9.59 Å². The number of fused-ring (bicyclic) bond motifs is 2. The quantitative estimate of drug-likeness (QED) is 0.404. The van der Waals surface area contributed by atoms with Crippen LogP contribution in [-0.4, -0.2) is 50.6 Å². The average molecular weight is 505 g/mol. The van der Waals surface area contributed by atoms with Crippen LogP contribution in [0.2, 0.25) is 0 Å². The lowest BCUT2D eigenvalue weighted by atomic mass is 10.2. The van der Waals surface area contributed by atoms with Crippen molar-refractivity contribution in [3.05, 3.63) is 72.3 Å². The van der Waals surface area contributed by atoms with Crippen LogP contribution >= 0.6 is 0 Å². The second-order valence-corrected chi connectivity index (χ2v) is 8.69. The monoisotopic (exact) mass is 504 g/mol. The van der Waals surface area contributed by atoms with Gasteiger partial charge in [-0.2, -0.15) is 0 Å². The van der Waals surface area contributed by atoms with Gasteiger partial charge < -0.3 is 40.2 Å². The molecule has 37 heavy (non-hydrogen) atoms. The fourth-order valence-corrected chi connectivity index (χ4v) is 3.92. The van der Waals surface area contributed by atoms with Crippen molar-refractivity contribution in [2.75, 3.05) is 36.9 Å². The summed E-state index contributed by atoms with van der Waals surface area (Å²) in [4.78, 5) is 24.9. The Kier molecular flexibility index (Phi) is 7.16. The molecule has 0 aromatic heterocycles. The summed E-state index contributed by atoms with van der Waals surface area (Å²) in [6.45, 7) is 3.10. The first-order chi connectivity index (χ1) is 18.0. The maximum absolute atomic E-state index is 12.5. The third-order valence-electron chi connectivity index (χ3n) is 5.86. The second kappa shape index (κ2) is 11.0. The normalized spacial score (nSPS) is 17.3. The second-order valence-electron chi connectivity index (χ2n) is 8.69. The lowest BCUT2D eigenvalue weighted by molar-refractivity contribution is 0.0922. The molecule has 5 rings (SSSR count). The predicted molar refractivity (Wildman–Crippen MR) is 138 cm³/mol. The van der Waals surface area contributed by atoms with Gasteiger partial charge in [0.15, 0.2) is 35.2 Å². The Morgan fingerprint density at radius 3 is 1.81 bits per heavy atom. The minimum absolute atomic E-state index is 0.275. The molecule has 2 heterocycles. The summed E-state index contributed by atoms with van der Waals surface area (Å²) in [6.07, 6.45) is -0.600. The molecular weight excluding hydrogens is 476 g/mol. The molecule has 0 aliphatic carbocycles. The van der Waals surface area contributed by atoms with Crippen LogP contribution in [0, 0.1) is 6.92 Å². The highest BCUT2D eigenvalue weighted by Gasteiger charge is 2.22. The highest BCUT2D eigenvalue weighted by Crippen LogP contribution is 2.31. The fourth-order valence-electron chi connectivity index (χ4n) is 3.92. The van der Waals surface area contributed by atoms with Gasteiger partial charge in [0.05, 0.1) is 13.1 Å². The van der Waals surface area contributed by atoms with E-state index < -0.39 is 6.03 Å². The van der Waals surface area contributed by atoms with E-state index in [9.17, 15) is 9.59 Å². The number of benzene rings is 3. The summed E-state index contributed by atoms with van der Waals surface area (Å²) in [6, 6.07) is 19.3. The number of hydrogen-bond acceptors (Lipinski definition) is 6. The molecule has 2 atom stereocenters. The molecule has 4 N–H and O–H groups in total. The SMILES string of the molecule is Cc1ccc(NC(=O)NC[C@H]2COc3ccccc3O2)cc1NC(=O)NC[C@H]1COc2ccccc2O1. The lowest BCUT2D eigenvalue weighted by Gasteiger charge is -2.26. The average Bonchev–Trinajstić information content (AvgIpc) is 2.92. The number of anilines is 2. The first-order valence-corrected chi connectivity index (χ1v) is 12.0. The molecule has 0 saturated carbocycles. The van der Waals surface area contributed by atoms with Gasteiger partial charge in [-0.3, -0.25) is 0 Å². The van der Waals surface area contributed by atoms with Crippen molar-refractivity contribution in [3.63, 3.8) is 0 Å². The number of hydrogen-bond donors (Lipinski definition) is 4. The van der Waals surface area contributed by atoms with Gasteiger partial charge in [0, 0.05) is 11.4 Å². The molecule has 0 unspecified atom stereocenters. The highest BCUT2D eigenvalue weighted by molar-refractivity contribution is 5.93. The van der Waals surface area contributed by atoms with Crippen molar-refractivity contribution >= 4 is 23.4 Å². The summed E-state index contributed by atoms with van der Waals surface area (Å²) in [5.74, 6) is 2.69. The summed E-state index contributed by atoms with van der Waals surface area (Å²) in [5, 5.41) is 11.2. The highest BCUT2D eigenvalue weighted by atomic mass is 16.6. The Hall–Kier alpha value is -4.60. The number of aryl methyl sites for hydroxylation is 1. The van der Waals surface area contributed by atoms with Crippen LogP contribution in [0.15, 0.2) is 66.7 Å². The first-order valence-electron chi connectivity index (χ1n) is 12.0. The maximum Gasteiger partial charge on any atom is 0.319 e. The maximum atomic E-state index is 12.5. The molecule has 3 aromatic carbocycles. The molecular formula is C27H28N4O6. The third-order valence-corrected chi connectivity index (χ3v) is 5.86. The van der Waals surface area contributed by atoms with Crippen molar-refractivity contribution in [2.45, 2.75) is 19.1 Å². The van der Waals surface area contributed by atoms with Crippen LogP contribution < -0.4 is 40.2 Å². The Morgan fingerprint density at radius 1 is 0.730 bits per heavy atom. The molecule has 2 aliphatic heterocycles. The largest absolute Gasteiger partial charge is 0.486 e. The molecule has 0 spiro atoms. The van der Waals surface area contributed by atoms with Gasteiger partial charge in [0.2, 0.25) is 0 Å². The molecule has 0 bridgehead atoms. The van der Waals surface area contributed by atoms with E-state index in [1.165, 1.54) is 0 Å². The van der Waals surface area contributed by atoms with Crippen LogP contribution in [0.3, 0.4) is 0 Å². The van der Waals surface area contributed by atoms with E-state index >= 15 is 0 Å². The van der Waals surface area contributed by atoms with Crippen LogP contribution in [0.4, 0.5) is 21.0 Å². The Balaban J connectivity index is 1.08. The van der Waals surface area contributed by atoms with E-state index in [2.05, 4.69) is 21.3 Å². The number of carbonyl (C=O) groups excluding carboxylic acids is 2. The first kappa shape index (κ1) is 24.1. The Labute approximate surface area is 214 Å². The van der Waals surface area contributed by atoms with Gasteiger partial charge in [0.25, 0.3) is 0 Å². The molecule has 0 saturated heterocycles. The van der Waals surface area contributed by atoms with Gasteiger partial charge in [0.1, 0.15) is 13.2 Å². The zero-order valence-corrected chi connectivity index (χ0v) is 20.3. The van der Waals surface area contributed by atoms with Crippen molar-refractivity contribution in [2.24, 2.45) is 0 Å². The van der Waals surface area contributed by atoms with E-state index in [4.69, 9.17) is 18.9 Å². The van der Waals surface area contributed by atoms with Crippen molar-refractivity contribution in [1.29, 1.82) is 0 Å². The summed E-state index contributed by atoms with van der Waals surface area (Å²) >= 11 is 0. The molecule has 0 fully saturated rings. The molecule has 2 aliphatic rings. The van der Waals surface area contributed by atoms with Crippen LogP contribution in [0.1, 0.15) is 5.56 Å². The van der Waals surface area contributed by atoms with Gasteiger partial charge in [-0.1, -0.05) is 30.3 Å². The number of ether oxygens (including phenoxy) is 4. The topological polar surface area (TPSA) is 119 Å². The number of carbonyl (C=O) groups is 2. The van der Waals surface area contributed by atoms with Gasteiger partial charge in [-0.05, 0) is 48.9 Å². The molecule has 10 heteroatoms. The summed E-state index contributed by atoms with van der Waals surface area (Å²) in [7, 11) is 0. The molecule has 192 valence electrons. The summed E-state index contributed by atoms with van der Waals surface area (Å²) < 4.78 is 23.1.